The second kappa shape index (κ2) is 12.8. The number of anilines is 2. The largest absolute Gasteiger partial charge is 0.436 e. The Hall–Kier alpha value is -5.49. The Morgan fingerprint density at radius 3 is 1.61 bits per heavy atom. The summed E-state index contributed by atoms with van der Waals surface area (Å²) >= 11 is 0. The van der Waals surface area contributed by atoms with Crippen LogP contribution in [0, 0.1) is 33.5 Å². The number of carbonyl (C=O) groups excluding carboxylic acids is 4. The second-order valence-electron chi connectivity index (χ2n) is 13.7. The zero-order valence-electron chi connectivity index (χ0n) is 27.1. The monoisotopic (exact) mass is 659 g/mol. The SMILES string of the molecule is N#CC1(C(=O)N2CCC[C@H]2CC(=O)Nc2ccc(-c3cnc(-c4ccc(NC(=O)C[C@@H]5CCCN5C(=O)C5(C#N)CC5)cc4)o3)cc2)CC1. The Kier molecular flexibility index (Phi) is 8.41. The average molecular weight is 660 g/mol. The van der Waals surface area contributed by atoms with Crippen molar-refractivity contribution < 1.29 is 23.6 Å². The molecule has 250 valence electrons. The van der Waals surface area contributed by atoms with Gasteiger partial charge in [0.25, 0.3) is 0 Å². The number of amides is 4. The molecule has 49 heavy (non-hydrogen) atoms. The van der Waals surface area contributed by atoms with E-state index in [1.807, 2.05) is 24.3 Å². The predicted molar refractivity (Wildman–Crippen MR) is 178 cm³/mol. The lowest BCUT2D eigenvalue weighted by molar-refractivity contribution is -0.137. The van der Waals surface area contributed by atoms with E-state index in [1.54, 1.807) is 40.3 Å². The van der Waals surface area contributed by atoms with E-state index in [0.29, 0.717) is 61.8 Å². The maximum Gasteiger partial charge on any atom is 0.243 e. The highest BCUT2D eigenvalue weighted by atomic mass is 16.4. The minimum Gasteiger partial charge on any atom is -0.436 e. The van der Waals surface area contributed by atoms with Crippen molar-refractivity contribution in [3.05, 3.63) is 54.7 Å². The first-order valence-corrected chi connectivity index (χ1v) is 16.9. The summed E-state index contributed by atoms with van der Waals surface area (Å²) in [5, 5.41) is 24.7. The highest BCUT2D eigenvalue weighted by molar-refractivity contribution is 5.94. The molecule has 3 aromatic rings. The third kappa shape index (κ3) is 6.51. The van der Waals surface area contributed by atoms with Gasteiger partial charge in [-0.05, 0) is 99.9 Å². The number of rotatable bonds is 10. The van der Waals surface area contributed by atoms with Gasteiger partial charge in [0.2, 0.25) is 29.5 Å². The van der Waals surface area contributed by atoms with Gasteiger partial charge in [-0.1, -0.05) is 0 Å². The standard InChI is InChI=1S/C37H37N7O5/c38-22-36(13-14-36)34(47)43-17-1-3-28(43)19-31(45)41-26-9-5-24(6-10-26)30-21-40-33(49-30)25-7-11-27(12-8-25)42-32(46)20-29-4-2-18-44(29)35(48)37(23-39)15-16-37/h5-12,21,28-29H,1-4,13-20H2,(H,41,45)(H,42,46)/t28-,29-/m0/s1. The molecule has 0 radical (unpaired) electrons. The lowest BCUT2D eigenvalue weighted by Crippen LogP contribution is -2.41. The van der Waals surface area contributed by atoms with E-state index in [2.05, 4.69) is 27.8 Å². The summed E-state index contributed by atoms with van der Waals surface area (Å²) in [6.07, 6.45) is 7.55. The molecule has 4 amide bonds. The van der Waals surface area contributed by atoms with Gasteiger partial charge in [0.1, 0.15) is 10.8 Å². The van der Waals surface area contributed by atoms with Gasteiger partial charge >= 0.3 is 0 Å². The Bertz CT molecular complexity index is 1730. The summed E-state index contributed by atoms with van der Waals surface area (Å²) in [4.78, 5) is 59.3. The van der Waals surface area contributed by atoms with Crippen molar-refractivity contribution in [2.75, 3.05) is 23.7 Å². The first-order chi connectivity index (χ1) is 23.7. The number of carbonyl (C=O) groups is 4. The van der Waals surface area contributed by atoms with Gasteiger partial charge < -0.3 is 24.9 Å². The topological polar surface area (TPSA) is 172 Å². The van der Waals surface area contributed by atoms with E-state index >= 15 is 0 Å². The highest BCUT2D eigenvalue weighted by Crippen LogP contribution is 2.48. The van der Waals surface area contributed by atoms with Crippen LogP contribution < -0.4 is 10.6 Å². The van der Waals surface area contributed by atoms with Crippen LogP contribution in [0.5, 0.6) is 0 Å². The predicted octanol–water partition coefficient (Wildman–Crippen LogP) is 5.26. The summed E-state index contributed by atoms with van der Waals surface area (Å²) in [6.45, 7) is 1.17. The number of nitrogens with one attached hydrogen (secondary N) is 2. The van der Waals surface area contributed by atoms with Gasteiger partial charge in [0.05, 0.1) is 18.3 Å². The van der Waals surface area contributed by atoms with E-state index in [9.17, 15) is 29.7 Å². The van der Waals surface area contributed by atoms with Crippen LogP contribution in [0.4, 0.5) is 11.4 Å². The van der Waals surface area contributed by atoms with Crippen molar-refractivity contribution in [1.82, 2.24) is 14.8 Å². The van der Waals surface area contributed by atoms with Crippen LogP contribution in [-0.2, 0) is 19.2 Å². The van der Waals surface area contributed by atoms with Crippen LogP contribution in [0.1, 0.15) is 64.2 Å². The minimum absolute atomic E-state index is 0.134. The summed E-state index contributed by atoms with van der Waals surface area (Å²) in [5.41, 5.74) is 0.996. The molecular weight excluding hydrogens is 622 g/mol. The van der Waals surface area contributed by atoms with E-state index in [1.165, 1.54) is 0 Å². The Morgan fingerprint density at radius 2 is 1.18 bits per heavy atom. The summed E-state index contributed by atoms with van der Waals surface area (Å²) in [6, 6.07) is 18.3. The molecule has 12 heteroatoms. The maximum atomic E-state index is 12.9. The van der Waals surface area contributed by atoms with Crippen molar-refractivity contribution >= 4 is 35.0 Å². The van der Waals surface area contributed by atoms with Crippen molar-refractivity contribution in [3.63, 3.8) is 0 Å². The van der Waals surface area contributed by atoms with Crippen LogP contribution >= 0.6 is 0 Å². The second-order valence-corrected chi connectivity index (χ2v) is 13.7. The fourth-order valence-electron chi connectivity index (χ4n) is 6.98. The minimum atomic E-state index is -0.877. The Labute approximate surface area is 284 Å². The van der Waals surface area contributed by atoms with Gasteiger partial charge in [0, 0.05) is 60.5 Å². The number of nitrogens with zero attached hydrogens (tertiary/aromatic N) is 5. The zero-order valence-corrected chi connectivity index (χ0v) is 27.1. The van der Waals surface area contributed by atoms with Crippen LogP contribution in [0.2, 0.25) is 0 Å². The number of likely N-dealkylation sites (tertiary alicyclic amines) is 2. The zero-order chi connectivity index (χ0) is 34.2. The Balaban J connectivity index is 0.906. The molecule has 1 aromatic heterocycles. The number of oxazole rings is 1. The first kappa shape index (κ1) is 32.1. The van der Waals surface area contributed by atoms with Gasteiger partial charge in [-0.2, -0.15) is 10.5 Å². The number of nitriles is 2. The number of hydrogen-bond donors (Lipinski definition) is 2. The molecule has 4 fully saturated rings. The lowest BCUT2D eigenvalue weighted by Gasteiger charge is -2.26. The molecule has 0 spiro atoms. The highest BCUT2D eigenvalue weighted by Gasteiger charge is 2.55. The smallest absolute Gasteiger partial charge is 0.243 e. The molecule has 2 aliphatic heterocycles. The molecule has 4 aliphatic rings. The van der Waals surface area contributed by atoms with Crippen LogP contribution in [0.15, 0.2) is 59.1 Å². The van der Waals surface area contributed by atoms with Gasteiger partial charge in [-0.3, -0.25) is 19.2 Å². The molecule has 2 N–H and O–H groups in total. The first-order valence-electron chi connectivity index (χ1n) is 16.9. The number of benzene rings is 2. The molecule has 2 atom stereocenters. The fourth-order valence-corrected chi connectivity index (χ4v) is 6.98. The summed E-state index contributed by atoms with van der Waals surface area (Å²) in [5.74, 6) is 0.330. The number of aromatic nitrogens is 1. The van der Waals surface area contributed by atoms with Crippen molar-refractivity contribution in [3.8, 4) is 34.9 Å². The quantitative estimate of drug-likeness (QED) is 0.297. The van der Waals surface area contributed by atoms with E-state index in [4.69, 9.17) is 4.42 Å². The molecule has 7 rings (SSSR count). The van der Waals surface area contributed by atoms with Crippen molar-refractivity contribution in [2.24, 2.45) is 10.8 Å². The normalized spacial score (nSPS) is 21.3. The fraction of sp³-hybridized carbons (Fsp3) is 0.432. The average Bonchev–Trinajstić information content (AvgIpc) is 3.90. The van der Waals surface area contributed by atoms with E-state index in [0.717, 1.165) is 36.8 Å². The molecule has 2 saturated carbocycles. The molecule has 12 nitrogen and oxygen atoms in total. The third-order valence-corrected chi connectivity index (χ3v) is 10.2. The van der Waals surface area contributed by atoms with Crippen LogP contribution in [0.3, 0.4) is 0 Å². The van der Waals surface area contributed by atoms with Crippen LogP contribution in [0.25, 0.3) is 22.8 Å². The van der Waals surface area contributed by atoms with Crippen LogP contribution in [-0.4, -0.2) is 63.6 Å². The van der Waals surface area contributed by atoms with E-state index in [-0.39, 0.29) is 48.6 Å². The van der Waals surface area contributed by atoms with Gasteiger partial charge in [0.15, 0.2) is 5.76 Å². The van der Waals surface area contributed by atoms with E-state index < -0.39 is 10.8 Å². The molecular formula is C37H37N7O5. The van der Waals surface area contributed by atoms with Gasteiger partial charge in [-0.15, -0.1) is 0 Å². The lowest BCUT2D eigenvalue weighted by atomic mass is 10.1. The van der Waals surface area contributed by atoms with Crippen molar-refractivity contribution in [1.29, 1.82) is 10.5 Å². The number of hydrogen-bond acceptors (Lipinski definition) is 8. The molecule has 0 unspecified atom stereocenters. The third-order valence-electron chi connectivity index (χ3n) is 10.2. The maximum absolute atomic E-state index is 12.9. The Morgan fingerprint density at radius 1 is 0.735 bits per heavy atom. The molecule has 2 saturated heterocycles. The molecule has 2 aliphatic carbocycles. The molecule has 2 aromatic carbocycles. The molecule has 0 bridgehead atoms. The summed E-state index contributed by atoms with van der Waals surface area (Å²) in [7, 11) is 0. The van der Waals surface area contributed by atoms with Crippen molar-refractivity contribution in [2.45, 2.75) is 76.3 Å². The van der Waals surface area contributed by atoms with Gasteiger partial charge in [-0.25, -0.2) is 4.98 Å². The summed E-state index contributed by atoms with van der Waals surface area (Å²) < 4.78 is 6.02. The molecule has 3 heterocycles.